The van der Waals surface area contributed by atoms with Gasteiger partial charge in [0.15, 0.2) is 0 Å². The Bertz CT molecular complexity index is 342. The van der Waals surface area contributed by atoms with Gasteiger partial charge in [0.05, 0.1) is 0 Å². The van der Waals surface area contributed by atoms with Gasteiger partial charge in [0.25, 0.3) is 0 Å². The zero-order chi connectivity index (χ0) is 12.3. The molecule has 1 saturated heterocycles. The van der Waals surface area contributed by atoms with E-state index in [4.69, 9.17) is 11.5 Å². The molecule has 1 fully saturated rings. The lowest BCUT2D eigenvalue weighted by Gasteiger charge is -2.34. The lowest BCUT2D eigenvalue weighted by Crippen LogP contribution is -2.52. The summed E-state index contributed by atoms with van der Waals surface area (Å²) in [6.45, 7) is 2.85. The van der Waals surface area contributed by atoms with Crippen molar-refractivity contribution in [3.8, 4) is 5.75 Å². The third-order valence-corrected chi connectivity index (χ3v) is 3.24. The second kappa shape index (κ2) is 5.49. The summed E-state index contributed by atoms with van der Waals surface area (Å²) in [6.07, 6.45) is 1.90. The van der Waals surface area contributed by atoms with E-state index >= 15 is 0 Å². The Kier molecular flexibility index (Phi) is 3.99. The number of aromatic hydroxyl groups is 1. The first-order valence-electron chi connectivity index (χ1n) is 6.15. The summed E-state index contributed by atoms with van der Waals surface area (Å²) in [5.41, 5.74) is 13.1. The molecule has 0 saturated carbocycles. The summed E-state index contributed by atoms with van der Waals surface area (Å²) >= 11 is 0. The Morgan fingerprint density at radius 3 is 2.29 bits per heavy atom. The van der Waals surface area contributed by atoms with Crippen molar-refractivity contribution >= 4 is 0 Å². The number of hydrogen-bond acceptors (Lipinski definition) is 4. The van der Waals surface area contributed by atoms with Gasteiger partial charge >= 0.3 is 0 Å². The van der Waals surface area contributed by atoms with E-state index < -0.39 is 0 Å². The maximum atomic E-state index is 9.20. The fourth-order valence-corrected chi connectivity index (χ4v) is 2.41. The first-order valence-corrected chi connectivity index (χ1v) is 6.15. The molecule has 1 aliphatic heterocycles. The fraction of sp³-hybridized carbons (Fsp3) is 0.538. The summed E-state index contributed by atoms with van der Waals surface area (Å²) in [4.78, 5) is 2.33. The second-order valence-electron chi connectivity index (χ2n) is 4.93. The van der Waals surface area contributed by atoms with Crippen LogP contribution in [0.1, 0.15) is 12.0 Å². The van der Waals surface area contributed by atoms with Gasteiger partial charge in [0.2, 0.25) is 0 Å². The predicted octanol–water partition coefficient (Wildman–Crippen LogP) is 0.295. The average molecular weight is 235 g/mol. The Balaban J connectivity index is 1.83. The van der Waals surface area contributed by atoms with Gasteiger partial charge in [0, 0.05) is 31.7 Å². The van der Waals surface area contributed by atoms with Crippen LogP contribution in [-0.2, 0) is 6.42 Å². The minimum atomic E-state index is 0.207. The van der Waals surface area contributed by atoms with E-state index in [9.17, 15) is 5.11 Å². The van der Waals surface area contributed by atoms with Crippen molar-refractivity contribution in [1.29, 1.82) is 0 Å². The number of likely N-dealkylation sites (tertiary alicyclic amines) is 1. The molecule has 2 atom stereocenters. The molecule has 94 valence electrons. The zero-order valence-electron chi connectivity index (χ0n) is 10.0. The van der Waals surface area contributed by atoms with Crippen molar-refractivity contribution in [3.05, 3.63) is 29.8 Å². The summed E-state index contributed by atoms with van der Waals surface area (Å²) < 4.78 is 0. The average Bonchev–Trinajstić information content (AvgIpc) is 2.27. The van der Waals surface area contributed by atoms with Crippen LogP contribution in [0.25, 0.3) is 0 Å². The molecule has 1 aromatic rings. The first kappa shape index (κ1) is 12.4. The predicted molar refractivity (Wildman–Crippen MR) is 68.8 cm³/mol. The molecular weight excluding hydrogens is 214 g/mol. The summed E-state index contributed by atoms with van der Waals surface area (Å²) in [7, 11) is 0. The molecule has 4 nitrogen and oxygen atoms in total. The molecule has 0 aliphatic carbocycles. The third-order valence-electron chi connectivity index (χ3n) is 3.24. The molecule has 0 bridgehead atoms. The van der Waals surface area contributed by atoms with E-state index in [1.54, 1.807) is 12.1 Å². The van der Waals surface area contributed by atoms with Crippen LogP contribution in [0.15, 0.2) is 24.3 Å². The highest BCUT2D eigenvalue weighted by molar-refractivity contribution is 5.26. The van der Waals surface area contributed by atoms with Gasteiger partial charge in [-0.15, -0.1) is 0 Å². The molecule has 0 amide bonds. The molecule has 0 spiro atoms. The van der Waals surface area contributed by atoms with Crippen molar-refractivity contribution < 1.29 is 5.11 Å². The number of rotatable bonds is 3. The van der Waals surface area contributed by atoms with Crippen molar-refractivity contribution in [2.24, 2.45) is 11.5 Å². The number of hydrogen-bond donors (Lipinski definition) is 3. The Morgan fingerprint density at radius 2 is 1.71 bits per heavy atom. The highest BCUT2D eigenvalue weighted by atomic mass is 16.3. The third kappa shape index (κ3) is 3.70. The molecule has 1 aromatic carbocycles. The molecule has 2 rings (SSSR count). The van der Waals surface area contributed by atoms with Crippen molar-refractivity contribution in [2.75, 3.05) is 19.6 Å². The van der Waals surface area contributed by atoms with Crippen molar-refractivity contribution in [1.82, 2.24) is 4.90 Å². The maximum absolute atomic E-state index is 9.20. The minimum Gasteiger partial charge on any atom is -0.508 e. The van der Waals surface area contributed by atoms with Crippen LogP contribution < -0.4 is 11.5 Å². The van der Waals surface area contributed by atoms with Crippen LogP contribution in [0.2, 0.25) is 0 Å². The minimum absolute atomic E-state index is 0.207. The Hall–Kier alpha value is -1.10. The van der Waals surface area contributed by atoms with Crippen LogP contribution in [0.3, 0.4) is 0 Å². The van der Waals surface area contributed by atoms with E-state index in [1.807, 2.05) is 12.1 Å². The van der Waals surface area contributed by atoms with E-state index in [0.717, 1.165) is 32.5 Å². The summed E-state index contributed by atoms with van der Waals surface area (Å²) in [5, 5.41) is 9.20. The monoisotopic (exact) mass is 235 g/mol. The van der Waals surface area contributed by atoms with Gasteiger partial charge in [-0.05, 0) is 30.5 Å². The lowest BCUT2D eigenvalue weighted by molar-refractivity contribution is 0.192. The Labute approximate surface area is 102 Å². The van der Waals surface area contributed by atoms with Gasteiger partial charge in [-0.2, -0.15) is 0 Å². The second-order valence-corrected chi connectivity index (χ2v) is 4.93. The smallest absolute Gasteiger partial charge is 0.115 e. The van der Waals surface area contributed by atoms with Crippen LogP contribution >= 0.6 is 0 Å². The SMILES string of the molecule is NC1C[C@@H](N)CN(CCc2ccc(O)cc2)C1. The van der Waals surface area contributed by atoms with Crippen LogP contribution in [-0.4, -0.2) is 41.7 Å². The summed E-state index contributed by atoms with van der Waals surface area (Å²) in [6, 6.07) is 7.78. The number of benzene rings is 1. The van der Waals surface area contributed by atoms with Crippen LogP contribution in [0.5, 0.6) is 5.75 Å². The topological polar surface area (TPSA) is 75.5 Å². The fourth-order valence-electron chi connectivity index (χ4n) is 2.41. The van der Waals surface area contributed by atoms with E-state index in [-0.39, 0.29) is 12.1 Å². The molecule has 0 radical (unpaired) electrons. The summed E-state index contributed by atoms with van der Waals surface area (Å²) in [5.74, 6) is 0.316. The molecule has 1 unspecified atom stereocenters. The van der Waals surface area contributed by atoms with Crippen molar-refractivity contribution in [2.45, 2.75) is 24.9 Å². The molecule has 5 N–H and O–H groups in total. The van der Waals surface area contributed by atoms with E-state index in [0.29, 0.717) is 5.75 Å². The number of phenols is 1. The molecule has 17 heavy (non-hydrogen) atoms. The number of nitrogens with zero attached hydrogens (tertiary/aromatic N) is 1. The largest absolute Gasteiger partial charge is 0.508 e. The highest BCUT2D eigenvalue weighted by Gasteiger charge is 2.21. The normalized spacial score (nSPS) is 26.0. The van der Waals surface area contributed by atoms with Gasteiger partial charge in [-0.1, -0.05) is 12.1 Å². The Morgan fingerprint density at radius 1 is 1.12 bits per heavy atom. The van der Waals surface area contributed by atoms with E-state index in [1.165, 1.54) is 5.56 Å². The van der Waals surface area contributed by atoms with Gasteiger partial charge in [-0.3, -0.25) is 4.90 Å². The number of nitrogens with two attached hydrogens (primary N) is 2. The van der Waals surface area contributed by atoms with Crippen LogP contribution in [0.4, 0.5) is 0 Å². The van der Waals surface area contributed by atoms with Crippen LogP contribution in [0, 0.1) is 0 Å². The zero-order valence-corrected chi connectivity index (χ0v) is 10.0. The molecule has 0 aromatic heterocycles. The highest BCUT2D eigenvalue weighted by Crippen LogP contribution is 2.12. The van der Waals surface area contributed by atoms with Gasteiger partial charge < -0.3 is 16.6 Å². The maximum Gasteiger partial charge on any atom is 0.115 e. The number of piperidine rings is 1. The van der Waals surface area contributed by atoms with Gasteiger partial charge in [-0.25, -0.2) is 0 Å². The first-order chi connectivity index (χ1) is 8.13. The molecule has 1 heterocycles. The molecule has 1 aliphatic rings. The molecular formula is C13H21N3O. The quantitative estimate of drug-likeness (QED) is 0.704. The standard InChI is InChI=1S/C13H21N3O/c14-11-7-12(15)9-16(8-11)6-5-10-1-3-13(17)4-2-10/h1-4,11-12,17H,5-9,14-15H2/t11-,12?/m1/s1. The molecule has 4 heteroatoms. The van der Waals surface area contributed by atoms with Crippen molar-refractivity contribution in [3.63, 3.8) is 0 Å². The van der Waals surface area contributed by atoms with Gasteiger partial charge in [0.1, 0.15) is 5.75 Å². The number of phenolic OH excluding ortho intramolecular Hbond substituents is 1. The lowest BCUT2D eigenvalue weighted by atomic mass is 10.0. The van der Waals surface area contributed by atoms with E-state index in [2.05, 4.69) is 4.90 Å².